The van der Waals surface area contributed by atoms with E-state index in [-0.39, 0.29) is 1.43 Å². The maximum absolute atomic E-state index is 5.16. The number of hydrogen-bond acceptors (Lipinski definition) is 2. The predicted molar refractivity (Wildman–Crippen MR) is 79.3 cm³/mol. The van der Waals surface area contributed by atoms with Crippen LogP contribution in [0.25, 0.3) is 11.1 Å². The van der Waals surface area contributed by atoms with Gasteiger partial charge in [0.15, 0.2) is 0 Å². The molecule has 0 unspecified atom stereocenters. The molecule has 0 spiro atoms. The summed E-state index contributed by atoms with van der Waals surface area (Å²) >= 11 is 0. The summed E-state index contributed by atoms with van der Waals surface area (Å²) in [7, 11) is 1.68. The van der Waals surface area contributed by atoms with Crippen molar-refractivity contribution in [2.45, 2.75) is 19.9 Å². The van der Waals surface area contributed by atoms with Gasteiger partial charge in [-0.25, -0.2) is 0 Å². The Morgan fingerprint density at radius 1 is 0.889 bits per heavy atom. The Labute approximate surface area is 110 Å². The van der Waals surface area contributed by atoms with Crippen molar-refractivity contribution in [3.05, 3.63) is 48.5 Å². The van der Waals surface area contributed by atoms with Gasteiger partial charge in [-0.1, -0.05) is 24.3 Å². The summed E-state index contributed by atoms with van der Waals surface area (Å²) in [5.41, 5.74) is 3.57. The summed E-state index contributed by atoms with van der Waals surface area (Å²) in [6.45, 7) is 4.27. The quantitative estimate of drug-likeness (QED) is 0.857. The van der Waals surface area contributed by atoms with Crippen molar-refractivity contribution in [2.24, 2.45) is 0 Å². The molecule has 0 saturated carbocycles. The minimum atomic E-state index is 0. The molecule has 0 radical (unpaired) electrons. The molecule has 0 bridgehead atoms. The Bertz CT molecular complexity index is 491. The number of hydrogen-bond donors (Lipinski definition) is 1. The van der Waals surface area contributed by atoms with E-state index in [1.807, 2.05) is 12.1 Å². The van der Waals surface area contributed by atoms with Gasteiger partial charge in [-0.05, 0) is 49.2 Å². The number of methoxy groups -OCH3 is 1. The fraction of sp³-hybridized carbons (Fsp3) is 0.250. The van der Waals surface area contributed by atoms with Crippen LogP contribution >= 0.6 is 0 Å². The van der Waals surface area contributed by atoms with E-state index in [2.05, 4.69) is 55.6 Å². The van der Waals surface area contributed by atoms with Crippen LogP contribution in [-0.2, 0) is 0 Å². The lowest BCUT2D eigenvalue weighted by Crippen LogP contribution is -2.09. The average Bonchev–Trinajstić information content (AvgIpc) is 2.39. The molecule has 1 N–H and O–H groups in total. The molecule has 2 aromatic rings. The zero-order chi connectivity index (χ0) is 13.0. The van der Waals surface area contributed by atoms with Crippen LogP contribution in [0.15, 0.2) is 48.5 Å². The fourth-order valence-electron chi connectivity index (χ4n) is 1.88. The van der Waals surface area contributed by atoms with Crippen LogP contribution < -0.4 is 10.1 Å². The molecule has 2 nitrogen and oxygen atoms in total. The predicted octanol–water partition coefficient (Wildman–Crippen LogP) is 4.43. The topological polar surface area (TPSA) is 21.3 Å². The number of anilines is 1. The van der Waals surface area contributed by atoms with Gasteiger partial charge < -0.3 is 10.1 Å². The molecule has 18 heavy (non-hydrogen) atoms. The van der Waals surface area contributed by atoms with Gasteiger partial charge in [-0.15, -0.1) is 0 Å². The zero-order valence-corrected chi connectivity index (χ0v) is 11.1. The maximum atomic E-state index is 5.16. The molecule has 0 heterocycles. The fourth-order valence-corrected chi connectivity index (χ4v) is 1.88. The second-order valence-corrected chi connectivity index (χ2v) is 4.60. The summed E-state index contributed by atoms with van der Waals surface area (Å²) in [4.78, 5) is 0. The molecule has 0 aliphatic rings. The summed E-state index contributed by atoms with van der Waals surface area (Å²) in [6.07, 6.45) is 0. The lowest BCUT2D eigenvalue weighted by Gasteiger charge is -2.10. The summed E-state index contributed by atoms with van der Waals surface area (Å²) < 4.78 is 5.16. The summed E-state index contributed by atoms with van der Waals surface area (Å²) in [5, 5.41) is 3.38. The molecule has 0 amide bonds. The standard InChI is InChI=1S/C16H19NO.H2/c1-12(2)17-15-8-4-13(5-9-15)14-6-10-16(18-3)11-7-14;/h4-12,17H,1-3H3;1H. The molecule has 0 saturated heterocycles. The van der Waals surface area contributed by atoms with Crippen LogP contribution in [0.3, 0.4) is 0 Å². The number of rotatable bonds is 4. The van der Waals surface area contributed by atoms with E-state index in [1.165, 1.54) is 11.1 Å². The van der Waals surface area contributed by atoms with Gasteiger partial charge in [0.25, 0.3) is 0 Å². The van der Waals surface area contributed by atoms with Crippen molar-refractivity contribution >= 4 is 5.69 Å². The molecule has 2 rings (SSSR count). The van der Waals surface area contributed by atoms with E-state index in [1.54, 1.807) is 7.11 Å². The van der Waals surface area contributed by atoms with Crippen molar-refractivity contribution in [1.29, 1.82) is 0 Å². The first-order chi connectivity index (χ1) is 8.69. The van der Waals surface area contributed by atoms with E-state index in [4.69, 9.17) is 4.74 Å². The highest BCUT2D eigenvalue weighted by molar-refractivity contribution is 5.66. The third-order valence-corrected chi connectivity index (χ3v) is 2.76. The van der Waals surface area contributed by atoms with Crippen LogP contribution in [0.4, 0.5) is 5.69 Å². The van der Waals surface area contributed by atoms with Crippen molar-refractivity contribution in [3.63, 3.8) is 0 Å². The second kappa shape index (κ2) is 5.58. The molecule has 2 heteroatoms. The largest absolute Gasteiger partial charge is 0.497 e. The molecule has 0 aliphatic carbocycles. The van der Waals surface area contributed by atoms with E-state index in [0.717, 1.165) is 11.4 Å². The van der Waals surface area contributed by atoms with Crippen LogP contribution in [0, 0.1) is 0 Å². The maximum Gasteiger partial charge on any atom is 0.118 e. The first-order valence-electron chi connectivity index (χ1n) is 6.20. The van der Waals surface area contributed by atoms with Crippen molar-refractivity contribution in [3.8, 4) is 16.9 Å². The summed E-state index contributed by atoms with van der Waals surface area (Å²) in [5.74, 6) is 0.886. The first-order valence-corrected chi connectivity index (χ1v) is 6.20. The minimum absolute atomic E-state index is 0. The van der Waals surface area contributed by atoms with Gasteiger partial charge in [0, 0.05) is 13.2 Å². The molecule has 0 atom stereocenters. The molecular weight excluding hydrogens is 222 g/mol. The second-order valence-electron chi connectivity index (χ2n) is 4.60. The van der Waals surface area contributed by atoms with E-state index in [9.17, 15) is 0 Å². The van der Waals surface area contributed by atoms with Crippen LogP contribution in [0.2, 0.25) is 0 Å². The monoisotopic (exact) mass is 243 g/mol. The highest BCUT2D eigenvalue weighted by Gasteiger charge is 1.99. The normalized spacial score (nSPS) is 10.4. The Morgan fingerprint density at radius 3 is 1.83 bits per heavy atom. The van der Waals surface area contributed by atoms with Gasteiger partial charge in [0.05, 0.1) is 7.11 Å². The molecule has 96 valence electrons. The minimum Gasteiger partial charge on any atom is -0.497 e. The van der Waals surface area contributed by atoms with Crippen LogP contribution in [-0.4, -0.2) is 13.2 Å². The highest BCUT2D eigenvalue weighted by Crippen LogP contribution is 2.23. The lowest BCUT2D eigenvalue weighted by molar-refractivity contribution is 0.415. The third kappa shape index (κ3) is 3.04. The average molecular weight is 243 g/mol. The number of nitrogens with one attached hydrogen (secondary N) is 1. The first kappa shape index (κ1) is 12.5. The van der Waals surface area contributed by atoms with Gasteiger partial charge in [0.1, 0.15) is 5.75 Å². The van der Waals surface area contributed by atoms with Gasteiger partial charge in [-0.3, -0.25) is 0 Å². The molecule has 0 aliphatic heterocycles. The zero-order valence-electron chi connectivity index (χ0n) is 11.1. The Kier molecular flexibility index (Phi) is 3.88. The SMILES string of the molecule is COc1ccc(-c2ccc(NC(C)C)cc2)cc1.[HH]. The molecule has 0 fully saturated rings. The Balaban J connectivity index is 0.00000180. The molecule has 0 aromatic heterocycles. The van der Waals surface area contributed by atoms with Gasteiger partial charge >= 0.3 is 0 Å². The van der Waals surface area contributed by atoms with Crippen LogP contribution in [0.1, 0.15) is 15.3 Å². The Morgan fingerprint density at radius 2 is 1.39 bits per heavy atom. The number of benzene rings is 2. The van der Waals surface area contributed by atoms with E-state index >= 15 is 0 Å². The summed E-state index contributed by atoms with van der Waals surface area (Å²) in [6, 6.07) is 17.0. The smallest absolute Gasteiger partial charge is 0.118 e. The van der Waals surface area contributed by atoms with Crippen LogP contribution in [0.5, 0.6) is 5.75 Å². The number of ether oxygens (including phenoxy) is 1. The Hall–Kier alpha value is -1.96. The lowest BCUT2D eigenvalue weighted by atomic mass is 10.1. The van der Waals surface area contributed by atoms with E-state index < -0.39 is 0 Å². The molecule has 2 aromatic carbocycles. The van der Waals surface area contributed by atoms with Gasteiger partial charge in [-0.2, -0.15) is 0 Å². The third-order valence-electron chi connectivity index (χ3n) is 2.76. The van der Waals surface area contributed by atoms with Gasteiger partial charge in [0.2, 0.25) is 0 Å². The van der Waals surface area contributed by atoms with E-state index in [0.29, 0.717) is 6.04 Å². The molecular formula is C16H21NO. The van der Waals surface area contributed by atoms with Crippen molar-refractivity contribution in [2.75, 3.05) is 12.4 Å². The highest BCUT2D eigenvalue weighted by atomic mass is 16.5. The van der Waals surface area contributed by atoms with Crippen molar-refractivity contribution < 1.29 is 6.16 Å². The van der Waals surface area contributed by atoms with Crippen molar-refractivity contribution in [1.82, 2.24) is 0 Å².